The van der Waals surface area contributed by atoms with Crippen molar-refractivity contribution in [1.29, 1.82) is 0 Å². The number of aliphatic hydroxyl groups excluding tert-OH is 1. The third-order valence-corrected chi connectivity index (χ3v) is 5.88. The molecule has 1 amide bonds. The molecule has 1 aliphatic rings. The first kappa shape index (κ1) is 22.3. The highest BCUT2D eigenvalue weighted by atomic mass is 19.1. The van der Waals surface area contributed by atoms with Gasteiger partial charge in [-0.2, -0.15) is 0 Å². The molecule has 0 radical (unpaired) electrons. The molecule has 0 bridgehead atoms. The van der Waals surface area contributed by atoms with Crippen molar-refractivity contribution in [2.45, 2.75) is 26.8 Å². The monoisotopic (exact) mass is 445 g/mol. The first-order valence-corrected chi connectivity index (χ1v) is 10.5. The predicted molar refractivity (Wildman–Crippen MR) is 125 cm³/mol. The molecule has 1 unspecified atom stereocenters. The number of aryl methyl sites for hydroxylation is 3. The largest absolute Gasteiger partial charge is 0.507 e. The Labute approximate surface area is 191 Å². The van der Waals surface area contributed by atoms with Crippen LogP contribution in [0.3, 0.4) is 0 Å². The molecule has 6 heteroatoms. The Kier molecular flexibility index (Phi) is 5.77. The van der Waals surface area contributed by atoms with Crippen LogP contribution in [-0.2, 0) is 9.59 Å². The fourth-order valence-electron chi connectivity index (χ4n) is 4.42. The van der Waals surface area contributed by atoms with Gasteiger partial charge in [-0.3, -0.25) is 14.5 Å². The summed E-state index contributed by atoms with van der Waals surface area (Å²) in [5.74, 6) is -1.93. The zero-order chi connectivity index (χ0) is 23.9. The number of ketones is 1. The average molecular weight is 445 g/mol. The number of hydrogen-bond donors (Lipinski definition) is 1. The Morgan fingerprint density at radius 2 is 1.64 bits per heavy atom. The number of carbonyl (C=O) groups excluding carboxylic acids is 2. The summed E-state index contributed by atoms with van der Waals surface area (Å²) in [6, 6.07) is 15.4. The van der Waals surface area contributed by atoms with E-state index in [1.165, 1.54) is 36.3 Å². The number of aliphatic hydroxyl groups is 1. The zero-order valence-electron chi connectivity index (χ0n) is 18.8. The SMILES string of the molecule is COc1c(C)cc(C)cc1/C(O)=C1\C(=O)C(=O)N(c2ccccc2C)C1c1ccc(F)cc1. The number of anilines is 1. The van der Waals surface area contributed by atoms with E-state index in [4.69, 9.17) is 4.74 Å². The van der Waals surface area contributed by atoms with Crippen molar-refractivity contribution < 1.29 is 23.8 Å². The van der Waals surface area contributed by atoms with Gasteiger partial charge in [-0.25, -0.2) is 4.39 Å². The van der Waals surface area contributed by atoms with Crippen LogP contribution < -0.4 is 9.64 Å². The van der Waals surface area contributed by atoms with Crippen LogP contribution in [0.2, 0.25) is 0 Å². The summed E-state index contributed by atoms with van der Waals surface area (Å²) in [6.07, 6.45) is 0. The number of carbonyl (C=O) groups is 2. The Balaban J connectivity index is 2.03. The van der Waals surface area contributed by atoms with Crippen LogP contribution in [-0.4, -0.2) is 23.9 Å². The predicted octanol–water partition coefficient (Wildman–Crippen LogP) is 5.39. The third kappa shape index (κ3) is 3.78. The van der Waals surface area contributed by atoms with Crippen LogP contribution in [0.15, 0.2) is 66.2 Å². The first-order valence-electron chi connectivity index (χ1n) is 10.5. The van der Waals surface area contributed by atoms with Gasteiger partial charge < -0.3 is 9.84 Å². The van der Waals surface area contributed by atoms with E-state index in [2.05, 4.69) is 0 Å². The lowest BCUT2D eigenvalue weighted by Crippen LogP contribution is -2.30. The molecule has 1 aliphatic heterocycles. The maximum Gasteiger partial charge on any atom is 0.300 e. The first-order chi connectivity index (χ1) is 15.7. The summed E-state index contributed by atoms with van der Waals surface area (Å²) >= 11 is 0. The van der Waals surface area contributed by atoms with Crippen molar-refractivity contribution in [2.24, 2.45) is 0 Å². The minimum Gasteiger partial charge on any atom is -0.507 e. The van der Waals surface area contributed by atoms with Gasteiger partial charge in [0.15, 0.2) is 0 Å². The third-order valence-electron chi connectivity index (χ3n) is 5.88. The number of hydrogen-bond acceptors (Lipinski definition) is 4. The number of Topliss-reactive ketones (excluding diaryl/α,β-unsaturated/α-hetero) is 1. The number of amides is 1. The number of benzene rings is 3. The molecule has 0 aliphatic carbocycles. The van der Waals surface area contributed by atoms with E-state index in [-0.39, 0.29) is 11.3 Å². The van der Waals surface area contributed by atoms with Crippen molar-refractivity contribution in [3.63, 3.8) is 0 Å². The fraction of sp³-hybridized carbons (Fsp3) is 0.185. The Morgan fingerprint density at radius 1 is 0.970 bits per heavy atom. The summed E-state index contributed by atoms with van der Waals surface area (Å²) < 4.78 is 19.2. The lowest BCUT2D eigenvalue weighted by Gasteiger charge is -2.27. The smallest absolute Gasteiger partial charge is 0.300 e. The van der Waals surface area contributed by atoms with Crippen LogP contribution in [0.25, 0.3) is 5.76 Å². The molecule has 1 saturated heterocycles. The van der Waals surface area contributed by atoms with Gasteiger partial charge in [0.05, 0.1) is 24.3 Å². The molecule has 0 spiro atoms. The highest BCUT2D eigenvalue weighted by Crippen LogP contribution is 2.44. The van der Waals surface area contributed by atoms with Gasteiger partial charge in [-0.15, -0.1) is 0 Å². The van der Waals surface area contributed by atoms with Gasteiger partial charge in [0.1, 0.15) is 17.3 Å². The van der Waals surface area contributed by atoms with Gasteiger partial charge in [0.25, 0.3) is 11.7 Å². The van der Waals surface area contributed by atoms with Gasteiger partial charge in [-0.05, 0) is 67.3 Å². The van der Waals surface area contributed by atoms with Crippen molar-refractivity contribution in [3.8, 4) is 5.75 Å². The number of nitrogens with zero attached hydrogens (tertiary/aromatic N) is 1. The molecular formula is C27H24FNO4. The molecule has 0 saturated carbocycles. The second kappa shape index (κ2) is 8.54. The quantitative estimate of drug-likeness (QED) is 0.332. The highest BCUT2D eigenvalue weighted by Gasteiger charge is 2.47. The standard InChI is InChI=1S/C27H24FNO4/c1-15-13-17(3)26(33-4)20(14-15)24(30)22-23(18-9-11-19(28)12-10-18)29(27(32)25(22)31)21-8-6-5-7-16(21)2/h5-14,23,30H,1-4H3/b24-22+. The normalized spacial score (nSPS) is 17.5. The molecule has 33 heavy (non-hydrogen) atoms. The molecule has 1 atom stereocenters. The second-order valence-electron chi connectivity index (χ2n) is 8.17. The summed E-state index contributed by atoms with van der Waals surface area (Å²) in [7, 11) is 1.48. The molecule has 1 fully saturated rings. The molecule has 3 aromatic rings. The second-order valence-corrected chi connectivity index (χ2v) is 8.17. The lowest BCUT2D eigenvalue weighted by atomic mass is 9.93. The molecule has 5 nitrogen and oxygen atoms in total. The molecular weight excluding hydrogens is 421 g/mol. The topological polar surface area (TPSA) is 66.8 Å². The van der Waals surface area contributed by atoms with Crippen LogP contribution >= 0.6 is 0 Å². The van der Waals surface area contributed by atoms with E-state index in [1.54, 1.807) is 18.2 Å². The van der Waals surface area contributed by atoms with E-state index in [9.17, 15) is 19.1 Å². The number of para-hydroxylation sites is 1. The van der Waals surface area contributed by atoms with Crippen molar-refractivity contribution >= 4 is 23.1 Å². The number of halogens is 1. The van der Waals surface area contributed by atoms with Crippen LogP contribution in [0.4, 0.5) is 10.1 Å². The Bertz CT molecular complexity index is 1290. The zero-order valence-corrected chi connectivity index (χ0v) is 18.8. The van der Waals surface area contributed by atoms with E-state index >= 15 is 0 Å². The summed E-state index contributed by atoms with van der Waals surface area (Å²) in [4.78, 5) is 27.9. The van der Waals surface area contributed by atoms with Crippen LogP contribution in [0, 0.1) is 26.6 Å². The summed E-state index contributed by atoms with van der Waals surface area (Å²) in [5, 5.41) is 11.4. The van der Waals surface area contributed by atoms with E-state index in [1.807, 2.05) is 39.0 Å². The van der Waals surface area contributed by atoms with Crippen molar-refractivity contribution in [2.75, 3.05) is 12.0 Å². The van der Waals surface area contributed by atoms with Gasteiger partial charge >= 0.3 is 0 Å². The van der Waals surface area contributed by atoms with E-state index in [0.29, 0.717) is 22.6 Å². The Hall–Kier alpha value is -3.93. The molecule has 3 aromatic carbocycles. The van der Waals surface area contributed by atoms with Gasteiger partial charge in [0.2, 0.25) is 0 Å². The van der Waals surface area contributed by atoms with Crippen LogP contribution in [0.5, 0.6) is 5.75 Å². The minimum atomic E-state index is -0.933. The molecule has 0 aromatic heterocycles. The summed E-state index contributed by atoms with van der Waals surface area (Å²) in [5.41, 5.74) is 3.73. The Morgan fingerprint density at radius 3 is 2.27 bits per heavy atom. The van der Waals surface area contributed by atoms with Crippen molar-refractivity contribution in [3.05, 3.63) is 99.9 Å². The lowest BCUT2D eigenvalue weighted by molar-refractivity contribution is -0.132. The van der Waals surface area contributed by atoms with E-state index < -0.39 is 23.5 Å². The molecule has 1 N–H and O–H groups in total. The van der Waals surface area contributed by atoms with Crippen molar-refractivity contribution in [1.82, 2.24) is 0 Å². The highest BCUT2D eigenvalue weighted by molar-refractivity contribution is 6.51. The fourth-order valence-corrected chi connectivity index (χ4v) is 4.42. The van der Waals surface area contributed by atoms with Gasteiger partial charge in [-0.1, -0.05) is 36.4 Å². The molecule has 1 heterocycles. The summed E-state index contributed by atoms with van der Waals surface area (Å²) in [6.45, 7) is 5.54. The molecule has 4 rings (SSSR count). The van der Waals surface area contributed by atoms with Crippen LogP contribution in [0.1, 0.15) is 33.9 Å². The maximum absolute atomic E-state index is 13.7. The number of ether oxygens (including phenoxy) is 1. The number of rotatable bonds is 4. The average Bonchev–Trinajstić information content (AvgIpc) is 3.04. The van der Waals surface area contributed by atoms with Gasteiger partial charge in [0, 0.05) is 5.69 Å². The molecule has 168 valence electrons. The minimum absolute atomic E-state index is 0.0711. The number of methoxy groups -OCH3 is 1. The maximum atomic E-state index is 13.7. The van der Waals surface area contributed by atoms with E-state index in [0.717, 1.165) is 16.7 Å².